The van der Waals surface area contributed by atoms with E-state index in [1.165, 1.54) is 25.7 Å². The molecule has 5 heteroatoms. The van der Waals surface area contributed by atoms with Crippen LogP contribution < -0.4 is 0 Å². The molecule has 0 aromatic carbocycles. The number of ether oxygens (including phenoxy) is 1. The van der Waals surface area contributed by atoms with Gasteiger partial charge in [-0.1, -0.05) is 26.7 Å². The highest BCUT2D eigenvalue weighted by Crippen LogP contribution is 2.03. The van der Waals surface area contributed by atoms with Gasteiger partial charge >= 0.3 is 6.09 Å². The molecule has 21 heavy (non-hydrogen) atoms. The number of hydrogen-bond donors (Lipinski definition) is 0. The molecule has 1 heterocycles. The molecule has 0 N–H and O–H groups in total. The molecular weight excluding hydrogens is 266 g/mol. The summed E-state index contributed by atoms with van der Waals surface area (Å²) < 4.78 is 5.43. The van der Waals surface area contributed by atoms with Gasteiger partial charge in [0, 0.05) is 32.7 Å². The molecule has 1 rings (SSSR count). The molecule has 0 unspecified atom stereocenters. The van der Waals surface area contributed by atoms with Crippen molar-refractivity contribution in [3.8, 4) is 0 Å². The summed E-state index contributed by atoms with van der Waals surface area (Å²) in [4.78, 5) is 18.5. The van der Waals surface area contributed by atoms with Crippen LogP contribution in [-0.2, 0) is 4.74 Å². The summed E-state index contributed by atoms with van der Waals surface area (Å²) in [5, 5.41) is 0. The van der Waals surface area contributed by atoms with Crippen LogP contribution in [0.2, 0.25) is 0 Å². The van der Waals surface area contributed by atoms with Crippen LogP contribution in [0, 0.1) is 0 Å². The fraction of sp³-hybridized carbons (Fsp3) is 0.938. The summed E-state index contributed by atoms with van der Waals surface area (Å²) in [6.07, 6.45) is 4.72. The summed E-state index contributed by atoms with van der Waals surface area (Å²) in [6, 6.07) is 0. The van der Waals surface area contributed by atoms with Gasteiger partial charge in [0.25, 0.3) is 0 Å². The zero-order valence-corrected chi connectivity index (χ0v) is 14.1. The number of carbonyl (C=O) groups excluding carboxylic acids is 1. The summed E-state index contributed by atoms with van der Waals surface area (Å²) >= 11 is 0. The van der Waals surface area contributed by atoms with E-state index in [2.05, 4.69) is 30.7 Å². The zero-order chi connectivity index (χ0) is 15.5. The molecule has 1 amide bonds. The van der Waals surface area contributed by atoms with Gasteiger partial charge in [0.2, 0.25) is 0 Å². The first-order chi connectivity index (χ1) is 10.2. The normalized spacial score (nSPS) is 16.5. The lowest BCUT2D eigenvalue weighted by molar-refractivity contribution is 0.0730. The highest BCUT2D eigenvalue weighted by Gasteiger charge is 2.20. The van der Waals surface area contributed by atoms with E-state index in [9.17, 15) is 4.79 Å². The summed E-state index contributed by atoms with van der Waals surface area (Å²) in [7, 11) is 2.09. The molecule has 1 saturated heterocycles. The number of hydrogen-bond acceptors (Lipinski definition) is 4. The molecule has 0 saturated carbocycles. The molecule has 0 atom stereocenters. The predicted octanol–water partition coefficient (Wildman–Crippen LogP) is 2.27. The fourth-order valence-corrected chi connectivity index (χ4v) is 2.44. The van der Waals surface area contributed by atoms with Gasteiger partial charge in [-0.15, -0.1) is 0 Å². The third-order valence-corrected chi connectivity index (χ3v) is 4.05. The number of carbonyl (C=O) groups is 1. The van der Waals surface area contributed by atoms with Gasteiger partial charge in [-0.25, -0.2) is 4.79 Å². The van der Waals surface area contributed by atoms with Crippen molar-refractivity contribution in [3.63, 3.8) is 0 Å². The molecule has 0 aromatic heterocycles. The minimum absolute atomic E-state index is 0.144. The van der Waals surface area contributed by atoms with Gasteiger partial charge in [0.05, 0.1) is 0 Å². The van der Waals surface area contributed by atoms with Crippen molar-refractivity contribution in [2.75, 3.05) is 59.5 Å². The molecule has 0 spiro atoms. The molecule has 0 bridgehead atoms. The average Bonchev–Trinajstić information content (AvgIpc) is 2.50. The largest absolute Gasteiger partial charge is 0.448 e. The lowest BCUT2D eigenvalue weighted by Crippen LogP contribution is -2.47. The second-order valence-corrected chi connectivity index (χ2v) is 5.95. The Hall–Kier alpha value is -0.810. The first-order valence-electron chi connectivity index (χ1n) is 8.50. The van der Waals surface area contributed by atoms with E-state index < -0.39 is 0 Å². The smallest absolute Gasteiger partial charge is 0.409 e. The Morgan fingerprint density at radius 3 is 2.10 bits per heavy atom. The molecule has 5 nitrogen and oxygen atoms in total. The van der Waals surface area contributed by atoms with Crippen LogP contribution >= 0.6 is 0 Å². The lowest BCUT2D eigenvalue weighted by Gasteiger charge is -2.31. The molecule has 1 aliphatic heterocycles. The lowest BCUT2D eigenvalue weighted by atomic mass is 10.2. The van der Waals surface area contributed by atoms with Gasteiger partial charge in [-0.2, -0.15) is 0 Å². The van der Waals surface area contributed by atoms with E-state index in [0.29, 0.717) is 6.61 Å². The SMILES string of the molecule is CCCCN(CCCC)CCOC(=O)N1CCN(C)CC1. The minimum atomic E-state index is -0.144. The van der Waals surface area contributed by atoms with Crippen LogP contribution in [0.1, 0.15) is 39.5 Å². The molecule has 0 aliphatic carbocycles. The maximum absolute atomic E-state index is 12.0. The molecule has 1 aliphatic rings. The van der Waals surface area contributed by atoms with Crippen molar-refractivity contribution in [1.29, 1.82) is 0 Å². The quantitative estimate of drug-likeness (QED) is 0.654. The van der Waals surface area contributed by atoms with Crippen molar-refractivity contribution in [2.45, 2.75) is 39.5 Å². The number of rotatable bonds is 9. The molecule has 1 fully saturated rings. The van der Waals surface area contributed by atoms with Crippen molar-refractivity contribution in [2.24, 2.45) is 0 Å². The number of unbranched alkanes of at least 4 members (excludes halogenated alkanes) is 2. The highest BCUT2D eigenvalue weighted by molar-refractivity contribution is 5.67. The van der Waals surface area contributed by atoms with Gasteiger partial charge < -0.3 is 14.5 Å². The average molecular weight is 299 g/mol. The Bertz CT molecular complexity index is 271. The monoisotopic (exact) mass is 299 g/mol. The summed E-state index contributed by atoms with van der Waals surface area (Å²) in [5.74, 6) is 0. The van der Waals surface area contributed by atoms with Crippen LogP contribution in [0.5, 0.6) is 0 Å². The van der Waals surface area contributed by atoms with Crippen molar-refractivity contribution in [1.82, 2.24) is 14.7 Å². The van der Waals surface area contributed by atoms with Crippen LogP contribution in [0.3, 0.4) is 0 Å². The molecule has 0 radical (unpaired) electrons. The number of likely N-dealkylation sites (N-methyl/N-ethyl adjacent to an activating group) is 1. The topological polar surface area (TPSA) is 36.0 Å². The van der Waals surface area contributed by atoms with Crippen LogP contribution in [0.15, 0.2) is 0 Å². The van der Waals surface area contributed by atoms with Crippen molar-refractivity contribution >= 4 is 6.09 Å². The Morgan fingerprint density at radius 2 is 1.57 bits per heavy atom. The fourth-order valence-electron chi connectivity index (χ4n) is 2.44. The minimum Gasteiger partial charge on any atom is -0.448 e. The number of piperazine rings is 1. The Kier molecular flexibility index (Phi) is 9.42. The zero-order valence-electron chi connectivity index (χ0n) is 14.1. The van der Waals surface area contributed by atoms with Gasteiger partial charge in [0.15, 0.2) is 0 Å². The van der Waals surface area contributed by atoms with Crippen LogP contribution in [0.4, 0.5) is 4.79 Å². The van der Waals surface area contributed by atoms with Gasteiger partial charge in [0.1, 0.15) is 6.61 Å². The van der Waals surface area contributed by atoms with E-state index in [1.807, 2.05) is 4.90 Å². The molecule has 124 valence electrons. The second kappa shape index (κ2) is 10.9. The first-order valence-corrected chi connectivity index (χ1v) is 8.50. The van der Waals surface area contributed by atoms with E-state index in [0.717, 1.165) is 45.8 Å². The maximum atomic E-state index is 12.0. The first kappa shape index (κ1) is 18.2. The highest BCUT2D eigenvalue weighted by atomic mass is 16.6. The third kappa shape index (κ3) is 7.67. The standard InChI is InChI=1S/C16H33N3O2/c1-4-6-8-18(9-7-5-2)14-15-21-16(20)19-12-10-17(3)11-13-19/h4-15H2,1-3H3. The molecule has 0 aromatic rings. The van der Waals surface area contributed by atoms with E-state index >= 15 is 0 Å². The van der Waals surface area contributed by atoms with E-state index in [1.54, 1.807) is 0 Å². The molecular formula is C16H33N3O2. The third-order valence-electron chi connectivity index (χ3n) is 4.05. The second-order valence-electron chi connectivity index (χ2n) is 5.95. The Morgan fingerprint density at radius 1 is 1.00 bits per heavy atom. The summed E-state index contributed by atoms with van der Waals surface area (Å²) in [5.41, 5.74) is 0. The van der Waals surface area contributed by atoms with Crippen molar-refractivity contribution in [3.05, 3.63) is 0 Å². The van der Waals surface area contributed by atoms with Gasteiger partial charge in [-0.05, 0) is 33.0 Å². The maximum Gasteiger partial charge on any atom is 0.409 e. The van der Waals surface area contributed by atoms with E-state index in [4.69, 9.17) is 4.74 Å². The Balaban J connectivity index is 2.20. The van der Waals surface area contributed by atoms with Gasteiger partial charge in [-0.3, -0.25) is 4.90 Å². The van der Waals surface area contributed by atoms with Crippen LogP contribution in [0.25, 0.3) is 0 Å². The number of nitrogens with zero attached hydrogens (tertiary/aromatic N) is 3. The number of amides is 1. The van der Waals surface area contributed by atoms with E-state index in [-0.39, 0.29) is 6.09 Å². The summed E-state index contributed by atoms with van der Waals surface area (Å²) in [6.45, 7) is 11.5. The predicted molar refractivity (Wildman–Crippen MR) is 86.7 cm³/mol. The Labute approximate surface area is 130 Å². The van der Waals surface area contributed by atoms with Crippen LogP contribution in [-0.4, -0.2) is 80.3 Å². The van der Waals surface area contributed by atoms with Crippen molar-refractivity contribution < 1.29 is 9.53 Å².